The number of benzene rings is 2. The first-order valence-corrected chi connectivity index (χ1v) is 10.3. The van der Waals surface area contributed by atoms with Crippen molar-refractivity contribution in [1.29, 1.82) is 0 Å². The van der Waals surface area contributed by atoms with Gasteiger partial charge in [0.25, 0.3) is 5.91 Å². The van der Waals surface area contributed by atoms with E-state index < -0.39 is 22.0 Å². The fraction of sp³-hybridized carbons (Fsp3) is 0.167. The largest absolute Gasteiger partial charge is 0.496 e. The Balaban J connectivity index is 1.80. The van der Waals surface area contributed by atoms with E-state index in [1.165, 1.54) is 30.6 Å². The van der Waals surface area contributed by atoms with Gasteiger partial charge in [0.1, 0.15) is 5.75 Å². The second-order valence-corrected chi connectivity index (χ2v) is 8.46. The lowest BCUT2D eigenvalue weighted by atomic mass is 10.1. The number of nitrogens with one attached hydrogen (secondary N) is 1. The molecule has 7 nitrogen and oxygen atoms in total. The first kappa shape index (κ1) is 19.3. The second kappa shape index (κ2) is 7.65. The van der Waals surface area contributed by atoms with E-state index in [1.54, 1.807) is 0 Å². The Kier molecular flexibility index (Phi) is 5.47. The summed E-state index contributed by atoms with van der Waals surface area (Å²) in [5.41, 5.74) is 5.89. The highest BCUT2D eigenvalue weighted by atomic mass is 32.2. The maximum absolute atomic E-state index is 12.5. The maximum atomic E-state index is 12.5. The van der Waals surface area contributed by atoms with Crippen LogP contribution in [-0.2, 0) is 10.0 Å². The quantitative estimate of drug-likeness (QED) is 0.555. The van der Waals surface area contributed by atoms with Crippen LogP contribution in [0.1, 0.15) is 22.0 Å². The van der Waals surface area contributed by atoms with Gasteiger partial charge in [-0.25, -0.2) is 13.1 Å². The smallest absolute Gasteiger partial charge is 0.252 e. The Morgan fingerprint density at radius 2 is 2.04 bits per heavy atom. The molecule has 4 N–H and O–H groups in total. The number of amides is 1. The van der Waals surface area contributed by atoms with E-state index in [9.17, 15) is 18.3 Å². The van der Waals surface area contributed by atoms with Crippen molar-refractivity contribution in [2.24, 2.45) is 5.73 Å². The minimum absolute atomic E-state index is 0.0373. The van der Waals surface area contributed by atoms with Gasteiger partial charge in [-0.3, -0.25) is 4.79 Å². The molecule has 1 aromatic heterocycles. The SMILES string of the molecule is COc1ccc(S(=O)(=O)NCC(O)c2csc3ccccc23)cc1C(N)=O. The molecule has 0 spiro atoms. The molecule has 3 aromatic rings. The normalized spacial score (nSPS) is 12.8. The van der Waals surface area contributed by atoms with Crippen molar-refractivity contribution in [2.45, 2.75) is 11.0 Å². The van der Waals surface area contributed by atoms with Crippen molar-refractivity contribution in [3.63, 3.8) is 0 Å². The molecule has 142 valence electrons. The van der Waals surface area contributed by atoms with E-state index in [-0.39, 0.29) is 22.8 Å². The van der Waals surface area contributed by atoms with E-state index >= 15 is 0 Å². The summed E-state index contributed by atoms with van der Waals surface area (Å²) in [5, 5.41) is 13.1. The molecule has 0 aliphatic carbocycles. The summed E-state index contributed by atoms with van der Waals surface area (Å²) in [5.74, 6) is -0.611. The Morgan fingerprint density at radius 1 is 1.30 bits per heavy atom. The zero-order valence-corrected chi connectivity index (χ0v) is 16.0. The summed E-state index contributed by atoms with van der Waals surface area (Å²) in [6, 6.07) is 11.4. The number of carbonyl (C=O) groups excluding carboxylic acids is 1. The lowest BCUT2D eigenvalue weighted by molar-refractivity contribution is 0.0997. The number of sulfonamides is 1. The van der Waals surface area contributed by atoms with Crippen LogP contribution in [0.2, 0.25) is 0 Å². The van der Waals surface area contributed by atoms with E-state index in [0.717, 1.165) is 16.2 Å². The molecule has 27 heavy (non-hydrogen) atoms. The van der Waals surface area contributed by atoms with Crippen molar-refractivity contribution in [3.05, 3.63) is 59.0 Å². The zero-order chi connectivity index (χ0) is 19.6. The Bertz CT molecular complexity index is 1090. The topological polar surface area (TPSA) is 119 Å². The number of nitrogens with two attached hydrogens (primary N) is 1. The number of rotatable bonds is 7. The fourth-order valence-corrected chi connectivity index (χ4v) is 4.76. The van der Waals surface area contributed by atoms with Gasteiger partial charge in [-0.05, 0) is 35.0 Å². The molecule has 0 saturated heterocycles. The molecule has 0 fully saturated rings. The molecule has 1 atom stereocenters. The zero-order valence-electron chi connectivity index (χ0n) is 14.4. The van der Waals surface area contributed by atoms with E-state index in [1.807, 2.05) is 29.6 Å². The third kappa shape index (κ3) is 3.96. The first-order valence-electron chi connectivity index (χ1n) is 7.95. The fourth-order valence-electron chi connectivity index (χ4n) is 2.69. The van der Waals surface area contributed by atoms with Crippen LogP contribution in [0.3, 0.4) is 0 Å². The Labute approximate surface area is 160 Å². The summed E-state index contributed by atoms with van der Waals surface area (Å²) >= 11 is 1.48. The summed E-state index contributed by atoms with van der Waals surface area (Å²) in [6.45, 7) is -0.207. The van der Waals surface area contributed by atoms with Gasteiger partial charge in [-0.15, -0.1) is 11.3 Å². The molecule has 0 radical (unpaired) electrons. The standard InChI is InChI=1S/C18H18N2O5S2/c1-25-16-7-6-11(8-13(16)18(19)22)27(23,24)20-9-15(21)14-10-26-17-5-3-2-4-12(14)17/h2-8,10,15,20-21H,9H2,1H3,(H2,19,22). The molecule has 0 bridgehead atoms. The average molecular weight is 406 g/mol. The predicted octanol–water partition coefficient (Wildman–Crippen LogP) is 2.02. The molecule has 0 aliphatic heterocycles. The number of carbonyl (C=O) groups is 1. The van der Waals surface area contributed by atoms with Crippen LogP contribution in [0.25, 0.3) is 10.1 Å². The molecule has 1 unspecified atom stereocenters. The Morgan fingerprint density at radius 3 is 2.74 bits per heavy atom. The van der Waals surface area contributed by atoms with E-state index in [4.69, 9.17) is 10.5 Å². The van der Waals surface area contributed by atoms with Crippen LogP contribution in [0.5, 0.6) is 5.75 Å². The van der Waals surface area contributed by atoms with Crippen LogP contribution in [0, 0.1) is 0 Å². The van der Waals surface area contributed by atoms with Gasteiger partial charge in [0.2, 0.25) is 10.0 Å². The van der Waals surface area contributed by atoms with Gasteiger partial charge in [-0.1, -0.05) is 18.2 Å². The van der Waals surface area contributed by atoms with Crippen LogP contribution in [-0.4, -0.2) is 33.1 Å². The molecular weight excluding hydrogens is 388 g/mol. The second-order valence-electron chi connectivity index (χ2n) is 5.78. The van der Waals surface area contributed by atoms with Crippen LogP contribution < -0.4 is 15.2 Å². The highest BCUT2D eigenvalue weighted by molar-refractivity contribution is 7.89. The van der Waals surface area contributed by atoms with Gasteiger partial charge in [0.15, 0.2) is 0 Å². The minimum Gasteiger partial charge on any atom is -0.496 e. The van der Waals surface area contributed by atoms with E-state index in [2.05, 4.69) is 4.72 Å². The van der Waals surface area contributed by atoms with Gasteiger partial charge in [-0.2, -0.15) is 0 Å². The number of fused-ring (bicyclic) bond motifs is 1. The number of thiophene rings is 1. The summed E-state index contributed by atoms with van der Waals surface area (Å²) in [4.78, 5) is 11.4. The number of ether oxygens (including phenoxy) is 1. The number of aliphatic hydroxyl groups excluding tert-OH is 1. The van der Waals surface area contributed by atoms with Crippen molar-refractivity contribution < 1.29 is 23.1 Å². The Hall–Kier alpha value is -2.46. The van der Waals surface area contributed by atoms with Gasteiger partial charge in [0, 0.05) is 16.8 Å². The number of hydrogen-bond donors (Lipinski definition) is 3. The summed E-state index contributed by atoms with van der Waals surface area (Å²) in [6.07, 6.45) is -1.01. The molecule has 1 heterocycles. The van der Waals surface area contributed by atoms with Crippen molar-refractivity contribution in [1.82, 2.24) is 4.72 Å². The molecule has 0 aliphatic rings. The molecule has 2 aromatic carbocycles. The monoisotopic (exact) mass is 406 g/mol. The van der Waals surface area contributed by atoms with Gasteiger partial charge < -0.3 is 15.6 Å². The van der Waals surface area contributed by atoms with E-state index in [0.29, 0.717) is 5.56 Å². The van der Waals surface area contributed by atoms with Crippen LogP contribution in [0.4, 0.5) is 0 Å². The number of hydrogen-bond acceptors (Lipinski definition) is 6. The highest BCUT2D eigenvalue weighted by Crippen LogP contribution is 2.30. The number of primary amides is 1. The summed E-state index contributed by atoms with van der Waals surface area (Å²) < 4.78 is 33.4. The van der Waals surface area contributed by atoms with Crippen LogP contribution >= 0.6 is 11.3 Å². The minimum atomic E-state index is -3.95. The van der Waals surface area contributed by atoms with Gasteiger partial charge >= 0.3 is 0 Å². The van der Waals surface area contributed by atoms with Crippen molar-refractivity contribution in [3.8, 4) is 5.75 Å². The van der Waals surface area contributed by atoms with Crippen LogP contribution in [0.15, 0.2) is 52.7 Å². The average Bonchev–Trinajstić information content (AvgIpc) is 3.09. The third-order valence-electron chi connectivity index (χ3n) is 4.08. The molecule has 3 rings (SSSR count). The lowest BCUT2D eigenvalue weighted by Gasteiger charge is -2.13. The maximum Gasteiger partial charge on any atom is 0.252 e. The first-order chi connectivity index (χ1) is 12.8. The third-order valence-corrected chi connectivity index (χ3v) is 6.49. The highest BCUT2D eigenvalue weighted by Gasteiger charge is 2.21. The molecule has 9 heteroatoms. The van der Waals surface area contributed by atoms with Gasteiger partial charge in [0.05, 0.1) is 23.7 Å². The number of methoxy groups -OCH3 is 1. The summed E-state index contributed by atoms with van der Waals surface area (Å²) in [7, 11) is -2.59. The number of aliphatic hydroxyl groups is 1. The van der Waals surface area contributed by atoms with Crippen molar-refractivity contribution >= 4 is 37.4 Å². The predicted molar refractivity (Wildman–Crippen MR) is 103 cm³/mol. The molecule has 0 saturated carbocycles. The van der Waals surface area contributed by atoms with Crippen molar-refractivity contribution in [2.75, 3.05) is 13.7 Å². The molecular formula is C18H18N2O5S2. The molecule has 1 amide bonds. The lowest BCUT2D eigenvalue weighted by Crippen LogP contribution is -2.28.